The van der Waals surface area contributed by atoms with Crippen LogP contribution in [0.15, 0.2) is 29.2 Å². The van der Waals surface area contributed by atoms with Crippen LogP contribution in [0.25, 0.3) is 0 Å². The van der Waals surface area contributed by atoms with E-state index in [0.29, 0.717) is 0 Å². The van der Waals surface area contributed by atoms with Gasteiger partial charge in [-0.2, -0.15) is 0 Å². The molecule has 1 saturated heterocycles. The van der Waals surface area contributed by atoms with Gasteiger partial charge in [0.1, 0.15) is 5.75 Å². The molecule has 1 aromatic rings. The summed E-state index contributed by atoms with van der Waals surface area (Å²) in [4.78, 5) is 21.4. The van der Waals surface area contributed by atoms with Crippen molar-refractivity contribution < 1.29 is 27.9 Å². The first-order valence-corrected chi connectivity index (χ1v) is 7.59. The predicted octanol–water partition coefficient (Wildman–Crippen LogP) is -0.683. The number of carboxylic acids is 1. The maximum atomic E-state index is 12.1. The number of amides is 1. The molecule has 0 saturated carbocycles. The van der Waals surface area contributed by atoms with Crippen molar-refractivity contribution in [3.05, 3.63) is 24.3 Å². The molecule has 1 fully saturated rings. The minimum atomic E-state index is -3.73. The molecule has 1 aromatic carbocycles. The lowest BCUT2D eigenvalue weighted by Gasteiger charge is -2.11. The van der Waals surface area contributed by atoms with E-state index >= 15 is 0 Å². The third-order valence-corrected chi connectivity index (χ3v) is 4.33. The summed E-state index contributed by atoms with van der Waals surface area (Å²) < 4.78 is 31.5. The molecule has 1 heterocycles. The van der Waals surface area contributed by atoms with E-state index in [2.05, 4.69) is 10.0 Å². The lowest BCUT2D eigenvalue weighted by atomic mass is 10.3. The zero-order valence-electron chi connectivity index (χ0n) is 10.9. The van der Waals surface area contributed by atoms with E-state index in [4.69, 9.17) is 9.84 Å². The van der Waals surface area contributed by atoms with Crippen LogP contribution in [0.4, 0.5) is 0 Å². The van der Waals surface area contributed by atoms with Crippen molar-refractivity contribution in [1.82, 2.24) is 10.0 Å². The average molecular weight is 314 g/mol. The lowest BCUT2D eigenvalue weighted by molar-refractivity contribution is -0.139. The maximum Gasteiger partial charge on any atom is 0.341 e. The molecular weight excluding hydrogens is 300 g/mol. The Morgan fingerprint density at radius 2 is 2.05 bits per heavy atom. The quantitative estimate of drug-likeness (QED) is 0.639. The fraction of sp³-hybridized carbons (Fsp3) is 0.333. The molecule has 1 amide bonds. The van der Waals surface area contributed by atoms with Gasteiger partial charge in [0, 0.05) is 19.0 Å². The van der Waals surface area contributed by atoms with Crippen molar-refractivity contribution in [2.24, 2.45) is 0 Å². The molecule has 21 heavy (non-hydrogen) atoms. The summed E-state index contributed by atoms with van der Waals surface area (Å²) in [5, 5.41) is 11.0. The molecule has 8 nitrogen and oxygen atoms in total. The number of ether oxygens (including phenoxy) is 1. The normalized spacial score (nSPS) is 18.3. The molecule has 2 rings (SSSR count). The SMILES string of the molecule is O=C(O)COc1ccc(S(=O)(=O)NC2CNC(=O)C2)cc1. The van der Waals surface area contributed by atoms with Crippen LogP contribution in [0.5, 0.6) is 5.75 Å². The fourth-order valence-corrected chi connectivity index (χ4v) is 3.07. The van der Waals surface area contributed by atoms with Crippen molar-refractivity contribution in [2.75, 3.05) is 13.2 Å². The van der Waals surface area contributed by atoms with Crippen LogP contribution < -0.4 is 14.8 Å². The third-order valence-electron chi connectivity index (χ3n) is 2.80. The van der Waals surface area contributed by atoms with Crippen molar-refractivity contribution in [3.8, 4) is 5.75 Å². The lowest BCUT2D eigenvalue weighted by Crippen LogP contribution is -2.36. The van der Waals surface area contributed by atoms with E-state index in [-0.39, 0.29) is 29.5 Å². The summed E-state index contributed by atoms with van der Waals surface area (Å²) in [6.45, 7) is -0.238. The van der Waals surface area contributed by atoms with E-state index in [1.165, 1.54) is 24.3 Å². The number of rotatable bonds is 6. The summed E-state index contributed by atoms with van der Waals surface area (Å²) in [6.07, 6.45) is 0.110. The zero-order valence-corrected chi connectivity index (χ0v) is 11.7. The molecular formula is C12H14N2O6S. The second-order valence-corrected chi connectivity index (χ2v) is 6.19. The van der Waals surface area contributed by atoms with Crippen LogP contribution in [0.2, 0.25) is 0 Å². The smallest absolute Gasteiger partial charge is 0.341 e. The Labute approximate surface area is 121 Å². The maximum absolute atomic E-state index is 12.1. The van der Waals surface area contributed by atoms with Crippen LogP contribution in [-0.2, 0) is 19.6 Å². The second kappa shape index (κ2) is 6.10. The minimum Gasteiger partial charge on any atom is -0.482 e. The summed E-state index contributed by atoms with van der Waals surface area (Å²) in [5.74, 6) is -1.05. The zero-order chi connectivity index (χ0) is 15.5. The summed E-state index contributed by atoms with van der Waals surface area (Å²) in [6, 6.07) is 4.89. The molecule has 1 unspecified atom stereocenters. The standard InChI is InChI=1S/C12H14N2O6S/c15-11-5-8(6-13-11)14-21(18,19)10-3-1-9(2-4-10)20-7-12(16)17/h1-4,8,14H,5-7H2,(H,13,15)(H,16,17). The van der Waals surface area contributed by atoms with Gasteiger partial charge in [0.15, 0.2) is 6.61 Å². The molecule has 1 aliphatic heterocycles. The molecule has 0 radical (unpaired) electrons. The van der Waals surface area contributed by atoms with Gasteiger partial charge in [0.25, 0.3) is 0 Å². The largest absolute Gasteiger partial charge is 0.482 e. The highest BCUT2D eigenvalue weighted by molar-refractivity contribution is 7.89. The minimum absolute atomic E-state index is 0.0181. The van der Waals surface area contributed by atoms with Crippen molar-refractivity contribution in [2.45, 2.75) is 17.4 Å². The molecule has 0 bridgehead atoms. The van der Waals surface area contributed by atoms with Crippen LogP contribution >= 0.6 is 0 Å². The monoisotopic (exact) mass is 314 g/mol. The number of carbonyl (C=O) groups is 2. The Bertz CT molecular complexity index is 640. The van der Waals surface area contributed by atoms with Crippen molar-refractivity contribution in [3.63, 3.8) is 0 Å². The topological polar surface area (TPSA) is 122 Å². The third kappa shape index (κ3) is 4.17. The highest BCUT2D eigenvalue weighted by Gasteiger charge is 2.26. The van der Waals surface area contributed by atoms with E-state index < -0.39 is 28.6 Å². The Morgan fingerprint density at radius 1 is 1.38 bits per heavy atom. The van der Waals surface area contributed by atoms with Crippen LogP contribution in [0.3, 0.4) is 0 Å². The van der Waals surface area contributed by atoms with Gasteiger partial charge in [0.05, 0.1) is 4.90 Å². The van der Waals surface area contributed by atoms with E-state index in [9.17, 15) is 18.0 Å². The number of nitrogens with one attached hydrogen (secondary N) is 2. The number of hydrogen-bond donors (Lipinski definition) is 3. The highest BCUT2D eigenvalue weighted by Crippen LogP contribution is 2.16. The number of benzene rings is 1. The predicted molar refractivity (Wildman–Crippen MR) is 71.3 cm³/mol. The fourth-order valence-electron chi connectivity index (χ4n) is 1.84. The summed E-state index contributed by atoms with van der Waals surface area (Å²) in [7, 11) is -3.73. The van der Waals surface area contributed by atoms with Gasteiger partial charge in [-0.05, 0) is 24.3 Å². The van der Waals surface area contributed by atoms with Crippen LogP contribution in [0, 0.1) is 0 Å². The molecule has 9 heteroatoms. The Balaban J connectivity index is 2.02. The van der Waals surface area contributed by atoms with Gasteiger partial charge in [-0.15, -0.1) is 0 Å². The number of hydrogen-bond acceptors (Lipinski definition) is 5. The number of carbonyl (C=O) groups excluding carboxylic acids is 1. The Hall–Kier alpha value is -2.13. The molecule has 114 valence electrons. The second-order valence-electron chi connectivity index (χ2n) is 4.48. The number of aliphatic carboxylic acids is 1. The van der Waals surface area contributed by atoms with Crippen molar-refractivity contribution >= 4 is 21.9 Å². The average Bonchev–Trinajstić information content (AvgIpc) is 2.81. The van der Waals surface area contributed by atoms with Gasteiger partial charge in [0.2, 0.25) is 15.9 Å². The van der Waals surface area contributed by atoms with Crippen LogP contribution in [0.1, 0.15) is 6.42 Å². The molecule has 1 aliphatic rings. The first-order valence-electron chi connectivity index (χ1n) is 6.10. The van der Waals surface area contributed by atoms with E-state index in [1.807, 2.05) is 0 Å². The molecule has 0 spiro atoms. The van der Waals surface area contributed by atoms with E-state index in [1.54, 1.807) is 0 Å². The first kappa shape index (κ1) is 15.3. The summed E-state index contributed by atoms with van der Waals surface area (Å²) in [5.41, 5.74) is 0. The van der Waals surface area contributed by atoms with Gasteiger partial charge in [-0.3, -0.25) is 4.79 Å². The first-order chi connectivity index (χ1) is 9.87. The van der Waals surface area contributed by atoms with Gasteiger partial charge >= 0.3 is 5.97 Å². The van der Waals surface area contributed by atoms with Gasteiger partial charge in [-0.25, -0.2) is 17.9 Å². The summed E-state index contributed by atoms with van der Waals surface area (Å²) >= 11 is 0. The highest BCUT2D eigenvalue weighted by atomic mass is 32.2. The Morgan fingerprint density at radius 3 is 2.57 bits per heavy atom. The molecule has 0 aliphatic carbocycles. The van der Waals surface area contributed by atoms with Gasteiger partial charge in [-0.1, -0.05) is 0 Å². The molecule has 3 N–H and O–H groups in total. The van der Waals surface area contributed by atoms with Gasteiger partial charge < -0.3 is 15.2 Å². The number of carboxylic acid groups (broad SMARTS) is 1. The number of sulfonamides is 1. The van der Waals surface area contributed by atoms with Crippen molar-refractivity contribution in [1.29, 1.82) is 0 Å². The van der Waals surface area contributed by atoms with E-state index in [0.717, 1.165) is 0 Å². The molecule has 0 aromatic heterocycles. The Kier molecular flexibility index (Phi) is 4.43. The molecule has 1 atom stereocenters. The van der Waals surface area contributed by atoms with Crippen LogP contribution in [-0.4, -0.2) is 44.6 Å².